The smallest absolute Gasteiger partial charge is 0.259 e. The lowest BCUT2D eigenvalue weighted by Crippen LogP contribution is -2.34. The van der Waals surface area contributed by atoms with E-state index in [-0.39, 0.29) is 11.3 Å². The zero-order chi connectivity index (χ0) is 29.5. The molecule has 5 heteroatoms. The summed E-state index contributed by atoms with van der Waals surface area (Å²) in [6.45, 7) is 12.4. The van der Waals surface area contributed by atoms with Crippen molar-refractivity contribution in [2.75, 3.05) is 11.9 Å². The average molecular weight is 578 g/mol. The molecule has 3 aromatic rings. The predicted molar refractivity (Wildman–Crippen MR) is 174 cm³/mol. The van der Waals surface area contributed by atoms with Crippen molar-refractivity contribution in [2.24, 2.45) is 0 Å². The minimum atomic E-state index is -0.133. The largest absolute Gasteiger partial charge is 0.493 e. The van der Waals surface area contributed by atoms with Crippen LogP contribution in [0.4, 0.5) is 5.69 Å². The number of ether oxygens (including phenoxy) is 1. The first-order chi connectivity index (χ1) is 19.8. The summed E-state index contributed by atoms with van der Waals surface area (Å²) in [5.41, 5.74) is 3.69. The normalized spacial score (nSPS) is 11.5. The SMILES string of the molecule is CCCCCCCCCCCCCCOc1cc(C(C)(C)C)ccc1C(=O)Nc1cccc(C[n+]2ccsc2C)c1. The van der Waals surface area contributed by atoms with Gasteiger partial charge < -0.3 is 10.1 Å². The van der Waals surface area contributed by atoms with Crippen molar-refractivity contribution in [2.45, 2.75) is 124 Å². The highest BCUT2D eigenvalue weighted by molar-refractivity contribution is 7.09. The highest BCUT2D eigenvalue weighted by Gasteiger charge is 2.20. The molecule has 0 saturated carbocycles. The van der Waals surface area contributed by atoms with E-state index in [2.05, 4.69) is 80.3 Å². The van der Waals surface area contributed by atoms with Crippen LogP contribution in [-0.4, -0.2) is 12.5 Å². The van der Waals surface area contributed by atoms with E-state index in [0.717, 1.165) is 24.2 Å². The van der Waals surface area contributed by atoms with Gasteiger partial charge in [0.1, 0.15) is 5.75 Å². The number of aryl methyl sites for hydroxylation is 1. The Morgan fingerprint density at radius 3 is 2.15 bits per heavy atom. The third kappa shape index (κ3) is 11.6. The van der Waals surface area contributed by atoms with Crippen molar-refractivity contribution in [1.29, 1.82) is 0 Å². The average Bonchev–Trinajstić information content (AvgIpc) is 3.34. The van der Waals surface area contributed by atoms with Crippen LogP contribution in [-0.2, 0) is 12.0 Å². The van der Waals surface area contributed by atoms with Gasteiger partial charge in [-0.05, 0) is 41.7 Å². The lowest BCUT2D eigenvalue weighted by Gasteiger charge is -2.21. The van der Waals surface area contributed by atoms with Gasteiger partial charge in [-0.15, -0.1) is 0 Å². The second-order valence-electron chi connectivity index (χ2n) is 12.4. The Balaban J connectivity index is 1.51. The second kappa shape index (κ2) is 17.3. The van der Waals surface area contributed by atoms with Crippen molar-refractivity contribution >= 4 is 22.9 Å². The third-order valence-electron chi connectivity index (χ3n) is 7.77. The predicted octanol–water partition coefficient (Wildman–Crippen LogP) is 10.0. The summed E-state index contributed by atoms with van der Waals surface area (Å²) in [5.74, 6) is 0.547. The van der Waals surface area contributed by atoms with Crippen molar-refractivity contribution in [1.82, 2.24) is 0 Å². The fourth-order valence-electron chi connectivity index (χ4n) is 5.10. The van der Waals surface area contributed by atoms with E-state index in [9.17, 15) is 4.79 Å². The summed E-state index contributed by atoms with van der Waals surface area (Å²) in [7, 11) is 0. The standard InChI is InChI=1S/C36H52N2O2S/c1-6-7-8-9-10-11-12-13-14-15-16-17-24-40-34-27-31(36(3,4)5)21-22-33(34)35(39)37-32-20-18-19-30(26-32)28-38-23-25-41-29(38)2/h18-23,25-27H,6-17,24,28H2,1-5H3/p+1. The zero-order valence-electron chi connectivity index (χ0n) is 26.3. The van der Waals surface area contributed by atoms with Crippen LogP contribution in [0.5, 0.6) is 5.75 Å². The Labute approximate surface area is 253 Å². The molecule has 0 aliphatic heterocycles. The number of aromatic nitrogens is 1. The Hall–Kier alpha value is -2.66. The van der Waals surface area contributed by atoms with Crippen molar-refractivity contribution in [3.8, 4) is 5.75 Å². The summed E-state index contributed by atoms with van der Waals surface area (Å²) in [6.07, 6.45) is 17.9. The quantitative estimate of drug-likeness (QED) is 0.121. The zero-order valence-corrected chi connectivity index (χ0v) is 27.1. The van der Waals surface area contributed by atoms with E-state index < -0.39 is 0 Å². The van der Waals surface area contributed by atoms with Gasteiger partial charge in [-0.1, -0.05) is 128 Å². The number of nitrogens with one attached hydrogen (secondary N) is 1. The Morgan fingerprint density at radius 1 is 0.878 bits per heavy atom. The van der Waals surface area contributed by atoms with Crippen LogP contribution in [0, 0.1) is 6.92 Å². The summed E-state index contributed by atoms with van der Waals surface area (Å²) in [6, 6.07) is 14.1. The molecule has 1 amide bonds. The van der Waals surface area contributed by atoms with Gasteiger partial charge in [0.25, 0.3) is 5.91 Å². The molecule has 1 heterocycles. The molecule has 1 N–H and O–H groups in total. The number of carbonyl (C=O) groups excluding carboxylic acids is 1. The van der Waals surface area contributed by atoms with E-state index in [4.69, 9.17) is 4.74 Å². The van der Waals surface area contributed by atoms with Crippen LogP contribution in [0.15, 0.2) is 54.0 Å². The summed E-state index contributed by atoms with van der Waals surface area (Å²) < 4.78 is 8.49. The second-order valence-corrected chi connectivity index (χ2v) is 13.5. The number of unbranched alkanes of at least 4 members (excludes halogenated alkanes) is 11. The Bertz CT molecular complexity index is 1190. The van der Waals surface area contributed by atoms with Gasteiger partial charge in [-0.25, -0.2) is 0 Å². The molecule has 41 heavy (non-hydrogen) atoms. The molecule has 3 rings (SSSR count). The first kappa shape index (κ1) is 32.8. The minimum Gasteiger partial charge on any atom is -0.493 e. The number of amides is 1. The van der Waals surface area contributed by atoms with Crippen molar-refractivity contribution < 1.29 is 14.1 Å². The fourth-order valence-corrected chi connectivity index (χ4v) is 5.77. The molecular weight excluding hydrogens is 524 g/mol. The topological polar surface area (TPSA) is 42.2 Å². The van der Waals surface area contributed by atoms with Gasteiger partial charge in [0.05, 0.1) is 17.6 Å². The third-order valence-corrected chi connectivity index (χ3v) is 8.60. The van der Waals surface area contributed by atoms with Crippen LogP contribution in [0.3, 0.4) is 0 Å². The molecule has 0 saturated heterocycles. The van der Waals surface area contributed by atoms with Crippen LogP contribution < -0.4 is 14.6 Å². The molecule has 0 unspecified atom stereocenters. The Kier molecular flexibility index (Phi) is 13.9. The fraction of sp³-hybridized carbons (Fsp3) is 0.556. The molecule has 1 aromatic heterocycles. The van der Waals surface area contributed by atoms with Crippen LogP contribution in [0.1, 0.15) is 131 Å². The first-order valence-corrected chi connectivity index (χ1v) is 16.8. The maximum atomic E-state index is 13.4. The van der Waals surface area contributed by atoms with E-state index >= 15 is 0 Å². The number of thiazole rings is 1. The lowest BCUT2D eigenvalue weighted by atomic mass is 9.86. The molecule has 224 valence electrons. The van der Waals surface area contributed by atoms with Gasteiger partial charge in [-0.2, -0.15) is 4.57 Å². The van der Waals surface area contributed by atoms with E-state index in [1.807, 2.05) is 18.2 Å². The lowest BCUT2D eigenvalue weighted by molar-refractivity contribution is -0.689. The summed E-state index contributed by atoms with van der Waals surface area (Å²) in [4.78, 5) is 13.4. The monoisotopic (exact) mass is 577 g/mol. The van der Waals surface area contributed by atoms with Gasteiger partial charge in [0.2, 0.25) is 5.01 Å². The van der Waals surface area contributed by atoms with Crippen LogP contribution in [0.2, 0.25) is 0 Å². The van der Waals surface area contributed by atoms with Crippen LogP contribution >= 0.6 is 11.3 Å². The van der Waals surface area contributed by atoms with Gasteiger partial charge in [0.15, 0.2) is 12.7 Å². The maximum absolute atomic E-state index is 13.4. The minimum absolute atomic E-state index is 0.0189. The summed E-state index contributed by atoms with van der Waals surface area (Å²) >= 11 is 1.74. The molecule has 0 atom stereocenters. The number of nitrogens with zero attached hydrogens (tertiary/aromatic N) is 1. The van der Waals surface area contributed by atoms with Crippen molar-refractivity contribution in [3.63, 3.8) is 0 Å². The van der Waals surface area contributed by atoms with Crippen molar-refractivity contribution in [3.05, 3.63) is 75.7 Å². The highest BCUT2D eigenvalue weighted by atomic mass is 32.1. The first-order valence-electron chi connectivity index (χ1n) is 15.9. The molecule has 0 bridgehead atoms. The molecule has 0 fully saturated rings. The molecule has 2 aromatic carbocycles. The molecular formula is C36H53N2O2S+. The van der Waals surface area contributed by atoms with Gasteiger partial charge in [0, 0.05) is 18.2 Å². The number of hydrogen-bond donors (Lipinski definition) is 1. The molecule has 0 radical (unpaired) electrons. The van der Waals surface area contributed by atoms with E-state index in [0.29, 0.717) is 17.9 Å². The number of anilines is 1. The highest BCUT2D eigenvalue weighted by Crippen LogP contribution is 2.30. The number of hydrogen-bond acceptors (Lipinski definition) is 3. The molecule has 0 aliphatic carbocycles. The van der Waals surface area contributed by atoms with Crippen LogP contribution in [0.25, 0.3) is 0 Å². The Morgan fingerprint density at radius 2 is 1.54 bits per heavy atom. The number of rotatable bonds is 18. The maximum Gasteiger partial charge on any atom is 0.259 e. The van der Waals surface area contributed by atoms with E-state index in [1.54, 1.807) is 11.3 Å². The van der Waals surface area contributed by atoms with Gasteiger partial charge in [-0.3, -0.25) is 4.79 Å². The number of carbonyl (C=O) groups is 1. The molecule has 4 nitrogen and oxygen atoms in total. The van der Waals surface area contributed by atoms with Gasteiger partial charge >= 0.3 is 0 Å². The number of benzene rings is 2. The molecule has 0 aliphatic rings. The molecule has 0 spiro atoms. The summed E-state index contributed by atoms with van der Waals surface area (Å²) in [5, 5.41) is 6.47. The van der Waals surface area contributed by atoms with E-state index in [1.165, 1.54) is 81.2 Å².